The van der Waals surface area contributed by atoms with Crippen LogP contribution in [0, 0.1) is 29.1 Å². The molecule has 1 nitrogen and oxygen atoms in total. The molecule has 0 heterocycles. The molecule has 0 saturated carbocycles. The molecule has 0 aliphatic carbocycles. The fourth-order valence-corrected chi connectivity index (χ4v) is 3.48. The summed E-state index contributed by atoms with van der Waals surface area (Å²) in [5, 5.41) is 9.49. The Bertz CT molecular complexity index is 266. The Hall–Kier alpha value is -0.510. The molecule has 0 amide bonds. The standard InChI is InChI=1S/C21H41N/c1-5-8-10-12-14-19(4)16-21(18-22)17-20(7-3)15-13-11-9-6-2/h19-21H,5-17H2,1-4H3. The Morgan fingerprint density at radius 2 is 1.36 bits per heavy atom. The molecule has 0 rings (SSSR count). The SMILES string of the molecule is CCCCCCC(C)CC(C#N)CC(CC)CCCCCC. The van der Waals surface area contributed by atoms with Gasteiger partial charge in [-0.25, -0.2) is 0 Å². The summed E-state index contributed by atoms with van der Waals surface area (Å²) in [4.78, 5) is 0. The molecule has 0 aliphatic heterocycles. The largest absolute Gasteiger partial charge is 0.198 e. The van der Waals surface area contributed by atoms with Gasteiger partial charge in [-0.2, -0.15) is 5.26 Å². The van der Waals surface area contributed by atoms with Crippen molar-refractivity contribution in [3.05, 3.63) is 0 Å². The quantitative estimate of drug-likeness (QED) is 0.287. The highest BCUT2D eigenvalue weighted by Crippen LogP contribution is 2.27. The van der Waals surface area contributed by atoms with E-state index in [0.717, 1.165) is 24.7 Å². The van der Waals surface area contributed by atoms with Gasteiger partial charge in [0.1, 0.15) is 0 Å². The second-order valence-electron chi connectivity index (χ2n) is 7.38. The molecule has 0 aromatic heterocycles. The highest BCUT2D eigenvalue weighted by atomic mass is 14.3. The first kappa shape index (κ1) is 21.5. The van der Waals surface area contributed by atoms with Gasteiger partial charge in [0.2, 0.25) is 0 Å². The summed E-state index contributed by atoms with van der Waals surface area (Å²) in [6.45, 7) is 9.18. The summed E-state index contributed by atoms with van der Waals surface area (Å²) in [7, 11) is 0. The van der Waals surface area contributed by atoms with Crippen molar-refractivity contribution in [2.45, 2.75) is 111 Å². The van der Waals surface area contributed by atoms with Gasteiger partial charge in [-0.3, -0.25) is 0 Å². The van der Waals surface area contributed by atoms with E-state index in [4.69, 9.17) is 0 Å². The lowest BCUT2D eigenvalue weighted by Crippen LogP contribution is -2.11. The van der Waals surface area contributed by atoms with Crippen LogP contribution in [0.4, 0.5) is 0 Å². The fraction of sp³-hybridized carbons (Fsp3) is 0.952. The summed E-state index contributed by atoms with van der Waals surface area (Å²) < 4.78 is 0. The first-order valence-electron chi connectivity index (χ1n) is 10.1. The Balaban J connectivity index is 3.97. The molecule has 0 saturated heterocycles. The van der Waals surface area contributed by atoms with Crippen LogP contribution in [-0.2, 0) is 0 Å². The third-order valence-corrected chi connectivity index (χ3v) is 5.08. The van der Waals surface area contributed by atoms with Crippen LogP contribution in [0.5, 0.6) is 0 Å². The van der Waals surface area contributed by atoms with Crippen molar-refractivity contribution in [1.82, 2.24) is 0 Å². The van der Waals surface area contributed by atoms with Crippen LogP contribution in [0.1, 0.15) is 111 Å². The van der Waals surface area contributed by atoms with Crippen LogP contribution in [0.15, 0.2) is 0 Å². The van der Waals surface area contributed by atoms with Crippen molar-refractivity contribution < 1.29 is 0 Å². The number of nitrogens with zero attached hydrogens (tertiary/aromatic N) is 1. The molecule has 0 aromatic carbocycles. The molecular weight excluding hydrogens is 266 g/mol. The number of hydrogen-bond acceptors (Lipinski definition) is 1. The van der Waals surface area contributed by atoms with Gasteiger partial charge >= 0.3 is 0 Å². The molecule has 0 N–H and O–H groups in total. The maximum Gasteiger partial charge on any atom is 0.0655 e. The van der Waals surface area contributed by atoms with Crippen molar-refractivity contribution >= 4 is 0 Å². The average molecular weight is 308 g/mol. The van der Waals surface area contributed by atoms with E-state index in [1.807, 2.05) is 0 Å². The second kappa shape index (κ2) is 15.4. The minimum absolute atomic E-state index is 0.289. The van der Waals surface area contributed by atoms with E-state index in [1.165, 1.54) is 70.6 Å². The molecule has 0 aliphatic rings. The molecular formula is C21H41N. The number of nitriles is 1. The monoisotopic (exact) mass is 307 g/mol. The van der Waals surface area contributed by atoms with E-state index in [2.05, 4.69) is 33.8 Å². The number of hydrogen-bond donors (Lipinski definition) is 0. The minimum atomic E-state index is 0.289. The first-order chi connectivity index (χ1) is 10.7. The van der Waals surface area contributed by atoms with E-state index in [0.29, 0.717) is 0 Å². The zero-order valence-corrected chi connectivity index (χ0v) is 15.9. The van der Waals surface area contributed by atoms with Gasteiger partial charge in [-0.1, -0.05) is 98.3 Å². The maximum absolute atomic E-state index is 9.49. The normalized spacial score (nSPS) is 15.2. The van der Waals surface area contributed by atoms with Crippen molar-refractivity contribution in [1.29, 1.82) is 5.26 Å². The zero-order valence-electron chi connectivity index (χ0n) is 15.9. The van der Waals surface area contributed by atoms with Gasteiger partial charge in [0.05, 0.1) is 6.07 Å². The Kier molecular flexibility index (Phi) is 15.0. The van der Waals surface area contributed by atoms with Gasteiger partial charge in [0.25, 0.3) is 0 Å². The van der Waals surface area contributed by atoms with Crippen LogP contribution < -0.4 is 0 Å². The van der Waals surface area contributed by atoms with E-state index < -0.39 is 0 Å². The molecule has 0 radical (unpaired) electrons. The Labute approximate surface area is 140 Å². The molecule has 130 valence electrons. The predicted molar refractivity (Wildman–Crippen MR) is 98.8 cm³/mol. The van der Waals surface area contributed by atoms with Crippen molar-refractivity contribution in [2.24, 2.45) is 17.8 Å². The van der Waals surface area contributed by atoms with E-state index in [1.54, 1.807) is 0 Å². The third kappa shape index (κ3) is 12.1. The maximum atomic E-state index is 9.49. The summed E-state index contributed by atoms with van der Waals surface area (Å²) in [6, 6.07) is 2.60. The van der Waals surface area contributed by atoms with Crippen LogP contribution >= 0.6 is 0 Å². The number of rotatable bonds is 15. The lowest BCUT2D eigenvalue weighted by molar-refractivity contribution is 0.324. The Morgan fingerprint density at radius 1 is 0.773 bits per heavy atom. The lowest BCUT2D eigenvalue weighted by atomic mass is 9.83. The predicted octanol–water partition coefficient (Wildman–Crippen LogP) is 7.51. The topological polar surface area (TPSA) is 23.8 Å². The van der Waals surface area contributed by atoms with Crippen LogP contribution in [0.2, 0.25) is 0 Å². The van der Waals surface area contributed by atoms with E-state index >= 15 is 0 Å². The Morgan fingerprint density at radius 3 is 1.86 bits per heavy atom. The molecule has 0 bridgehead atoms. The summed E-state index contributed by atoms with van der Waals surface area (Å²) in [5.41, 5.74) is 0. The molecule has 1 heteroatoms. The molecule has 3 unspecified atom stereocenters. The average Bonchev–Trinajstić information content (AvgIpc) is 2.53. The summed E-state index contributed by atoms with van der Waals surface area (Å²) >= 11 is 0. The highest BCUT2D eigenvalue weighted by Gasteiger charge is 2.17. The zero-order chi connectivity index (χ0) is 16.6. The molecule has 3 atom stereocenters. The van der Waals surface area contributed by atoms with Gasteiger partial charge in [-0.05, 0) is 24.7 Å². The highest BCUT2D eigenvalue weighted by molar-refractivity contribution is 4.85. The molecule has 22 heavy (non-hydrogen) atoms. The van der Waals surface area contributed by atoms with Crippen LogP contribution in [0.3, 0.4) is 0 Å². The molecule has 0 aromatic rings. The fourth-order valence-electron chi connectivity index (χ4n) is 3.48. The summed E-state index contributed by atoms with van der Waals surface area (Å²) in [5.74, 6) is 1.78. The van der Waals surface area contributed by atoms with E-state index in [9.17, 15) is 5.26 Å². The molecule has 0 spiro atoms. The number of unbranched alkanes of at least 4 members (excludes halogenated alkanes) is 6. The first-order valence-corrected chi connectivity index (χ1v) is 10.1. The summed E-state index contributed by atoms with van der Waals surface area (Å²) in [6.07, 6.45) is 17.0. The van der Waals surface area contributed by atoms with Gasteiger partial charge in [-0.15, -0.1) is 0 Å². The lowest BCUT2D eigenvalue weighted by Gasteiger charge is -2.21. The van der Waals surface area contributed by atoms with Crippen molar-refractivity contribution in [3.63, 3.8) is 0 Å². The third-order valence-electron chi connectivity index (χ3n) is 5.08. The van der Waals surface area contributed by atoms with Crippen LogP contribution in [0.25, 0.3) is 0 Å². The molecule has 0 fully saturated rings. The van der Waals surface area contributed by atoms with Crippen molar-refractivity contribution in [2.75, 3.05) is 0 Å². The van der Waals surface area contributed by atoms with E-state index in [-0.39, 0.29) is 5.92 Å². The smallest absolute Gasteiger partial charge is 0.0655 e. The van der Waals surface area contributed by atoms with Gasteiger partial charge < -0.3 is 0 Å². The van der Waals surface area contributed by atoms with Gasteiger partial charge in [0, 0.05) is 5.92 Å². The second-order valence-corrected chi connectivity index (χ2v) is 7.38. The van der Waals surface area contributed by atoms with Crippen LogP contribution in [-0.4, -0.2) is 0 Å². The van der Waals surface area contributed by atoms with Crippen molar-refractivity contribution in [3.8, 4) is 6.07 Å². The minimum Gasteiger partial charge on any atom is -0.198 e. The van der Waals surface area contributed by atoms with Gasteiger partial charge in [0.15, 0.2) is 0 Å².